The lowest BCUT2D eigenvalue weighted by molar-refractivity contribution is 0.281. The third-order valence-corrected chi connectivity index (χ3v) is 3.12. The molecule has 3 N–H and O–H groups in total. The summed E-state index contributed by atoms with van der Waals surface area (Å²) in [7, 11) is 0. The summed E-state index contributed by atoms with van der Waals surface area (Å²) >= 11 is 0. The quantitative estimate of drug-likeness (QED) is 0.783. The van der Waals surface area contributed by atoms with Crippen LogP contribution < -0.4 is 10.5 Å². The Morgan fingerprint density at radius 2 is 2.40 bits per heavy atom. The van der Waals surface area contributed by atoms with Gasteiger partial charge in [-0.3, -0.25) is 4.57 Å². The van der Waals surface area contributed by atoms with Crippen LogP contribution in [0.15, 0.2) is 24.6 Å². The van der Waals surface area contributed by atoms with Crippen LogP contribution in [0.25, 0.3) is 17.4 Å². The molecule has 1 fully saturated rings. The zero-order valence-electron chi connectivity index (χ0n) is 10.9. The molecular formula is C13H15N5O2. The number of rotatable bonds is 5. The zero-order valence-corrected chi connectivity index (χ0v) is 10.9. The number of aliphatic hydroxyl groups excluding tert-OH is 1. The van der Waals surface area contributed by atoms with Crippen LogP contribution in [0.5, 0.6) is 5.88 Å². The van der Waals surface area contributed by atoms with Gasteiger partial charge in [-0.1, -0.05) is 12.7 Å². The first kappa shape index (κ1) is 12.6. The first-order chi connectivity index (χ1) is 9.72. The maximum absolute atomic E-state index is 9.06. The van der Waals surface area contributed by atoms with Gasteiger partial charge in [-0.25, -0.2) is 4.98 Å². The lowest BCUT2D eigenvalue weighted by Crippen LogP contribution is -2.02. The first-order valence-electron chi connectivity index (χ1n) is 6.28. The number of fused-ring (bicyclic) bond motifs is 1. The molecule has 2 aromatic heterocycles. The topological polar surface area (TPSA) is 99.1 Å². The highest BCUT2D eigenvalue weighted by Gasteiger charge is 2.29. The monoisotopic (exact) mass is 273 g/mol. The summed E-state index contributed by atoms with van der Waals surface area (Å²) in [4.78, 5) is 12.5. The van der Waals surface area contributed by atoms with Gasteiger partial charge < -0.3 is 15.6 Å². The second-order valence-electron chi connectivity index (χ2n) is 4.60. The van der Waals surface area contributed by atoms with E-state index in [9.17, 15) is 0 Å². The molecule has 0 unspecified atom stereocenters. The Bertz CT molecular complexity index is 691. The number of ether oxygens (including phenoxy) is 1. The van der Waals surface area contributed by atoms with Crippen molar-refractivity contribution in [2.24, 2.45) is 5.92 Å². The summed E-state index contributed by atoms with van der Waals surface area (Å²) < 4.78 is 7.22. The van der Waals surface area contributed by atoms with Crippen molar-refractivity contribution < 1.29 is 9.84 Å². The van der Waals surface area contributed by atoms with Gasteiger partial charge in [0.25, 0.3) is 0 Å². The number of anilines is 1. The predicted octanol–water partition coefficient (Wildman–Crippen LogP) is 0.826. The van der Waals surface area contributed by atoms with Crippen LogP contribution in [0.3, 0.4) is 0 Å². The van der Waals surface area contributed by atoms with Gasteiger partial charge in [-0.05, 0) is 12.0 Å². The van der Waals surface area contributed by atoms with E-state index in [-0.39, 0.29) is 18.5 Å². The van der Waals surface area contributed by atoms with Crippen molar-refractivity contribution in [3.63, 3.8) is 0 Å². The number of nitrogens with zero attached hydrogens (tertiary/aromatic N) is 4. The van der Waals surface area contributed by atoms with E-state index >= 15 is 0 Å². The molecule has 20 heavy (non-hydrogen) atoms. The van der Waals surface area contributed by atoms with E-state index in [1.54, 1.807) is 17.0 Å². The zero-order chi connectivity index (χ0) is 14.1. The van der Waals surface area contributed by atoms with Crippen LogP contribution >= 0.6 is 0 Å². The molecule has 0 aromatic carbocycles. The molecule has 0 aliphatic heterocycles. The summed E-state index contributed by atoms with van der Waals surface area (Å²) in [5.74, 6) is 0.730. The third kappa shape index (κ3) is 2.23. The van der Waals surface area contributed by atoms with Gasteiger partial charge in [0.2, 0.25) is 11.8 Å². The number of imidazole rings is 1. The maximum Gasteiger partial charge on any atom is 0.247 e. The van der Waals surface area contributed by atoms with Gasteiger partial charge in [0, 0.05) is 18.7 Å². The Morgan fingerprint density at radius 1 is 1.55 bits per heavy atom. The van der Waals surface area contributed by atoms with Crippen molar-refractivity contribution in [2.75, 3.05) is 18.9 Å². The van der Waals surface area contributed by atoms with Crippen LogP contribution in [-0.4, -0.2) is 37.8 Å². The molecule has 0 radical (unpaired) electrons. The number of aliphatic hydroxyl groups is 1. The normalized spacial score (nSPS) is 19.4. The van der Waals surface area contributed by atoms with Gasteiger partial charge in [0.05, 0.1) is 0 Å². The van der Waals surface area contributed by atoms with Crippen molar-refractivity contribution in [1.82, 2.24) is 19.5 Å². The number of hydrogen-bond acceptors (Lipinski definition) is 6. The standard InChI is InChI=1S/C13H15N5O2/c1-2-3-20-12-10-11(16-13(14)17-12)18(7-15-10)5-8-4-9(8)6-19/h2,5,7,9,19H,1,3-4,6H2,(H2,14,16,17)/b8-5-/t9-/m1/s1. The number of hydrogen-bond donors (Lipinski definition) is 2. The molecular weight excluding hydrogens is 258 g/mol. The van der Waals surface area contributed by atoms with Crippen molar-refractivity contribution in [3.05, 3.63) is 24.6 Å². The van der Waals surface area contributed by atoms with Gasteiger partial charge in [-0.2, -0.15) is 9.97 Å². The fraction of sp³-hybridized carbons (Fsp3) is 0.308. The molecule has 1 aliphatic rings. The molecule has 0 saturated heterocycles. The minimum absolute atomic E-state index is 0.131. The van der Waals surface area contributed by atoms with Gasteiger partial charge in [0.15, 0.2) is 11.2 Å². The summed E-state index contributed by atoms with van der Waals surface area (Å²) in [5, 5.41) is 9.06. The minimum Gasteiger partial charge on any atom is -0.472 e. The second kappa shape index (κ2) is 4.93. The van der Waals surface area contributed by atoms with Crippen LogP contribution in [0, 0.1) is 5.92 Å². The molecule has 0 bridgehead atoms. The Balaban J connectivity index is 2.01. The summed E-state index contributed by atoms with van der Waals surface area (Å²) in [5.41, 5.74) is 8.00. The van der Waals surface area contributed by atoms with Crippen LogP contribution in [0.4, 0.5) is 5.95 Å². The first-order valence-corrected chi connectivity index (χ1v) is 6.28. The van der Waals surface area contributed by atoms with E-state index in [0.29, 0.717) is 23.7 Å². The fourth-order valence-electron chi connectivity index (χ4n) is 1.98. The molecule has 0 amide bonds. The van der Waals surface area contributed by atoms with Crippen molar-refractivity contribution >= 4 is 23.3 Å². The van der Waals surface area contributed by atoms with Crippen LogP contribution in [0.2, 0.25) is 0 Å². The fourth-order valence-corrected chi connectivity index (χ4v) is 1.98. The average Bonchev–Trinajstić information content (AvgIpc) is 3.08. The van der Waals surface area contributed by atoms with Gasteiger partial charge >= 0.3 is 0 Å². The van der Waals surface area contributed by atoms with Crippen LogP contribution in [0.1, 0.15) is 6.42 Å². The van der Waals surface area contributed by atoms with E-state index < -0.39 is 0 Å². The molecule has 1 aliphatic carbocycles. The smallest absolute Gasteiger partial charge is 0.247 e. The largest absolute Gasteiger partial charge is 0.472 e. The lowest BCUT2D eigenvalue weighted by atomic mass is 10.4. The average molecular weight is 273 g/mol. The molecule has 1 atom stereocenters. The highest BCUT2D eigenvalue weighted by atomic mass is 16.5. The molecule has 1 saturated carbocycles. The SMILES string of the molecule is C=CCOc1nc(N)nc2c1ncn2/C=C1/C[C@@H]1CO. The van der Waals surface area contributed by atoms with E-state index in [0.717, 1.165) is 12.0 Å². The molecule has 2 heterocycles. The van der Waals surface area contributed by atoms with Crippen molar-refractivity contribution in [2.45, 2.75) is 6.42 Å². The molecule has 2 aromatic rings. The second-order valence-corrected chi connectivity index (χ2v) is 4.60. The summed E-state index contributed by atoms with van der Waals surface area (Å²) in [6, 6.07) is 0. The number of aromatic nitrogens is 4. The summed E-state index contributed by atoms with van der Waals surface area (Å²) in [6.45, 7) is 4.09. The van der Waals surface area contributed by atoms with Crippen LogP contribution in [-0.2, 0) is 0 Å². The molecule has 7 nitrogen and oxygen atoms in total. The molecule has 104 valence electrons. The Labute approximate surface area is 115 Å². The molecule has 0 spiro atoms. The lowest BCUT2D eigenvalue weighted by Gasteiger charge is -2.04. The van der Waals surface area contributed by atoms with E-state index in [4.69, 9.17) is 15.6 Å². The highest BCUT2D eigenvalue weighted by molar-refractivity contribution is 5.79. The van der Waals surface area contributed by atoms with Gasteiger partial charge in [0.1, 0.15) is 12.9 Å². The van der Waals surface area contributed by atoms with E-state index in [1.165, 1.54) is 0 Å². The number of nitrogen functional groups attached to an aromatic ring is 1. The minimum atomic E-state index is 0.131. The van der Waals surface area contributed by atoms with Crippen molar-refractivity contribution in [3.8, 4) is 5.88 Å². The highest BCUT2D eigenvalue weighted by Crippen LogP contribution is 2.38. The molecule has 3 rings (SSSR count). The van der Waals surface area contributed by atoms with Gasteiger partial charge in [-0.15, -0.1) is 0 Å². The third-order valence-electron chi connectivity index (χ3n) is 3.12. The van der Waals surface area contributed by atoms with E-state index in [1.807, 2.05) is 6.20 Å². The Morgan fingerprint density at radius 3 is 3.10 bits per heavy atom. The molecule has 7 heteroatoms. The number of nitrogens with two attached hydrogens (primary N) is 1. The Hall–Kier alpha value is -2.41. The summed E-state index contributed by atoms with van der Waals surface area (Å²) in [6.07, 6.45) is 6.08. The Kier molecular flexibility index (Phi) is 3.11. The van der Waals surface area contributed by atoms with Crippen molar-refractivity contribution in [1.29, 1.82) is 0 Å². The van der Waals surface area contributed by atoms with E-state index in [2.05, 4.69) is 21.5 Å². The maximum atomic E-state index is 9.06. The predicted molar refractivity (Wildman–Crippen MR) is 74.9 cm³/mol.